The highest BCUT2D eigenvalue weighted by Crippen LogP contribution is 2.52. The third-order valence-electron chi connectivity index (χ3n) is 3.19. The minimum absolute atomic E-state index is 0.209. The predicted octanol–water partition coefficient (Wildman–Crippen LogP) is -0.254. The summed E-state index contributed by atoms with van der Waals surface area (Å²) in [5.41, 5.74) is 11.2. The standard InChI is InChI=1S/C9H18N4/c10-8(11)12-4-6-13-5-3-9(7-13)1-2-9/h1-7H2,(H4,10,11,12). The van der Waals surface area contributed by atoms with Gasteiger partial charge in [0.1, 0.15) is 0 Å². The summed E-state index contributed by atoms with van der Waals surface area (Å²) in [6.45, 7) is 4.27. The molecule has 2 fully saturated rings. The number of aliphatic imine (C=N–C) groups is 1. The van der Waals surface area contributed by atoms with Crippen LogP contribution in [-0.4, -0.2) is 37.0 Å². The molecule has 2 rings (SSSR count). The van der Waals surface area contributed by atoms with Gasteiger partial charge in [-0.1, -0.05) is 0 Å². The second-order valence-corrected chi connectivity index (χ2v) is 4.33. The van der Waals surface area contributed by atoms with E-state index in [2.05, 4.69) is 9.89 Å². The molecule has 74 valence electrons. The van der Waals surface area contributed by atoms with Crippen molar-refractivity contribution < 1.29 is 0 Å². The number of nitrogens with zero attached hydrogens (tertiary/aromatic N) is 2. The SMILES string of the molecule is NC(N)=NCCN1CCC2(CC2)C1. The lowest BCUT2D eigenvalue weighted by Crippen LogP contribution is -2.27. The van der Waals surface area contributed by atoms with Crippen LogP contribution in [0.25, 0.3) is 0 Å². The van der Waals surface area contributed by atoms with Gasteiger partial charge in [-0.05, 0) is 31.2 Å². The second kappa shape index (κ2) is 3.18. The zero-order chi connectivity index (χ0) is 9.31. The highest BCUT2D eigenvalue weighted by Gasteiger charge is 2.47. The van der Waals surface area contributed by atoms with Gasteiger partial charge in [-0.25, -0.2) is 0 Å². The summed E-state index contributed by atoms with van der Waals surface area (Å²) in [6, 6.07) is 0. The topological polar surface area (TPSA) is 67.6 Å². The smallest absolute Gasteiger partial charge is 0.185 e. The number of hydrogen-bond acceptors (Lipinski definition) is 2. The van der Waals surface area contributed by atoms with Crippen molar-refractivity contribution >= 4 is 5.96 Å². The zero-order valence-corrected chi connectivity index (χ0v) is 8.00. The Morgan fingerprint density at radius 1 is 1.31 bits per heavy atom. The molecular weight excluding hydrogens is 164 g/mol. The molecular formula is C9H18N4. The first-order valence-corrected chi connectivity index (χ1v) is 4.98. The first kappa shape index (κ1) is 8.81. The molecule has 0 bridgehead atoms. The van der Waals surface area contributed by atoms with Crippen molar-refractivity contribution in [2.24, 2.45) is 21.9 Å². The van der Waals surface area contributed by atoms with Crippen molar-refractivity contribution in [3.05, 3.63) is 0 Å². The van der Waals surface area contributed by atoms with Gasteiger partial charge in [-0.15, -0.1) is 0 Å². The number of rotatable bonds is 3. The summed E-state index contributed by atoms with van der Waals surface area (Å²) in [5.74, 6) is 0.209. The van der Waals surface area contributed by atoms with Crippen LogP contribution >= 0.6 is 0 Å². The molecule has 1 aliphatic heterocycles. The Morgan fingerprint density at radius 3 is 2.62 bits per heavy atom. The molecule has 1 saturated heterocycles. The monoisotopic (exact) mass is 182 g/mol. The molecule has 0 aromatic rings. The molecule has 4 heteroatoms. The molecule has 0 unspecified atom stereocenters. The van der Waals surface area contributed by atoms with Crippen molar-refractivity contribution in [3.8, 4) is 0 Å². The summed E-state index contributed by atoms with van der Waals surface area (Å²) in [7, 11) is 0. The van der Waals surface area contributed by atoms with E-state index in [9.17, 15) is 0 Å². The second-order valence-electron chi connectivity index (χ2n) is 4.33. The van der Waals surface area contributed by atoms with E-state index in [-0.39, 0.29) is 5.96 Å². The fourth-order valence-corrected chi connectivity index (χ4v) is 2.12. The van der Waals surface area contributed by atoms with E-state index in [1.807, 2.05) is 0 Å². The minimum Gasteiger partial charge on any atom is -0.370 e. The Kier molecular flexibility index (Phi) is 2.15. The van der Waals surface area contributed by atoms with Crippen molar-refractivity contribution in [1.29, 1.82) is 0 Å². The van der Waals surface area contributed by atoms with Crippen LogP contribution in [0.4, 0.5) is 0 Å². The summed E-state index contributed by atoms with van der Waals surface area (Å²) in [4.78, 5) is 6.46. The lowest BCUT2D eigenvalue weighted by molar-refractivity contribution is 0.329. The first-order valence-electron chi connectivity index (χ1n) is 4.98. The highest BCUT2D eigenvalue weighted by atomic mass is 15.2. The largest absolute Gasteiger partial charge is 0.370 e. The van der Waals surface area contributed by atoms with E-state index >= 15 is 0 Å². The van der Waals surface area contributed by atoms with E-state index < -0.39 is 0 Å². The summed E-state index contributed by atoms with van der Waals surface area (Å²) in [5, 5.41) is 0. The van der Waals surface area contributed by atoms with Gasteiger partial charge in [0.2, 0.25) is 0 Å². The zero-order valence-electron chi connectivity index (χ0n) is 8.00. The van der Waals surface area contributed by atoms with E-state index in [0.29, 0.717) is 0 Å². The van der Waals surface area contributed by atoms with Gasteiger partial charge in [-0.3, -0.25) is 4.99 Å². The quantitative estimate of drug-likeness (QED) is 0.467. The highest BCUT2D eigenvalue weighted by molar-refractivity contribution is 5.75. The third kappa shape index (κ3) is 2.12. The molecule has 1 aliphatic carbocycles. The van der Waals surface area contributed by atoms with Crippen molar-refractivity contribution in [1.82, 2.24) is 4.90 Å². The molecule has 0 radical (unpaired) electrons. The maximum Gasteiger partial charge on any atom is 0.185 e. The van der Waals surface area contributed by atoms with Crippen LogP contribution in [0.5, 0.6) is 0 Å². The van der Waals surface area contributed by atoms with Gasteiger partial charge in [0.25, 0.3) is 0 Å². The van der Waals surface area contributed by atoms with Gasteiger partial charge in [-0.2, -0.15) is 0 Å². The van der Waals surface area contributed by atoms with Crippen molar-refractivity contribution in [2.75, 3.05) is 26.2 Å². The van der Waals surface area contributed by atoms with E-state index in [0.717, 1.165) is 18.5 Å². The van der Waals surface area contributed by atoms with Crippen LogP contribution in [0.1, 0.15) is 19.3 Å². The van der Waals surface area contributed by atoms with Gasteiger partial charge in [0, 0.05) is 13.1 Å². The fourth-order valence-electron chi connectivity index (χ4n) is 2.12. The van der Waals surface area contributed by atoms with Gasteiger partial charge < -0.3 is 16.4 Å². The van der Waals surface area contributed by atoms with Gasteiger partial charge >= 0.3 is 0 Å². The summed E-state index contributed by atoms with van der Waals surface area (Å²) >= 11 is 0. The van der Waals surface area contributed by atoms with Crippen molar-refractivity contribution in [2.45, 2.75) is 19.3 Å². The Bertz CT molecular complexity index is 216. The summed E-state index contributed by atoms with van der Waals surface area (Å²) < 4.78 is 0. The molecule has 0 atom stereocenters. The van der Waals surface area contributed by atoms with Crippen LogP contribution in [0, 0.1) is 5.41 Å². The van der Waals surface area contributed by atoms with Crippen LogP contribution < -0.4 is 11.5 Å². The maximum atomic E-state index is 5.25. The van der Waals surface area contributed by atoms with Crippen molar-refractivity contribution in [3.63, 3.8) is 0 Å². The Balaban J connectivity index is 1.69. The van der Waals surface area contributed by atoms with Gasteiger partial charge in [0.15, 0.2) is 5.96 Å². The number of likely N-dealkylation sites (tertiary alicyclic amines) is 1. The third-order valence-corrected chi connectivity index (χ3v) is 3.19. The fraction of sp³-hybridized carbons (Fsp3) is 0.889. The Hall–Kier alpha value is -0.770. The molecule has 13 heavy (non-hydrogen) atoms. The minimum atomic E-state index is 0.209. The molecule has 4 nitrogen and oxygen atoms in total. The molecule has 0 aromatic carbocycles. The average Bonchev–Trinajstić information content (AvgIpc) is 2.67. The van der Waals surface area contributed by atoms with Crippen LogP contribution in [0.3, 0.4) is 0 Å². The molecule has 0 aromatic heterocycles. The molecule has 4 N–H and O–H groups in total. The van der Waals surface area contributed by atoms with Gasteiger partial charge in [0.05, 0.1) is 6.54 Å². The molecule has 1 heterocycles. The molecule has 0 amide bonds. The number of nitrogens with two attached hydrogens (primary N) is 2. The molecule has 2 aliphatic rings. The number of guanidine groups is 1. The van der Waals surface area contributed by atoms with Crippen LogP contribution in [-0.2, 0) is 0 Å². The normalized spacial score (nSPS) is 24.9. The predicted molar refractivity (Wildman–Crippen MR) is 53.4 cm³/mol. The Labute approximate surface area is 79.0 Å². The molecule has 1 saturated carbocycles. The van der Waals surface area contributed by atoms with Crippen LogP contribution in [0.2, 0.25) is 0 Å². The van der Waals surface area contributed by atoms with E-state index in [1.54, 1.807) is 0 Å². The Morgan fingerprint density at radius 2 is 2.08 bits per heavy atom. The maximum absolute atomic E-state index is 5.25. The number of hydrogen-bond donors (Lipinski definition) is 2. The lowest BCUT2D eigenvalue weighted by atomic mass is 10.1. The summed E-state index contributed by atoms with van der Waals surface area (Å²) in [6.07, 6.45) is 4.26. The van der Waals surface area contributed by atoms with E-state index in [1.165, 1.54) is 32.4 Å². The lowest BCUT2D eigenvalue weighted by Gasteiger charge is -2.13. The average molecular weight is 182 g/mol. The van der Waals surface area contributed by atoms with Crippen LogP contribution in [0.15, 0.2) is 4.99 Å². The first-order chi connectivity index (χ1) is 6.20. The van der Waals surface area contributed by atoms with E-state index in [4.69, 9.17) is 11.5 Å². The molecule has 1 spiro atoms.